The number of halogens is 1. The van der Waals surface area contributed by atoms with Gasteiger partial charge in [-0.25, -0.2) is 0 Å². The molecule has 0 spiro atoms. The van der Waals surface area contributed by atoms with Gasteiger partial charge in [0.2, 0.25) is 5.91 Å². The molecule has 0 radical (unpaired) electrons. The smallest absolute Gasteiger partial charge is 0.223 e. The highest BCUT2D eigenvalue weighted by molar-refractivity contribution is 5.85. The molecule has 3 N–H and O–H groups in total. The van der Waals surface area contributed by atoms with E-state index in [1.807, 2.05) is 18.2 Å². The number of rotatable bonds is 8. The average Bonchev–Trinajstić information content (AvgIpc) is 2.60. The van der Waals surface area contributed by atoms with Crippen LogP contribution in [0.2, 0.25) is 0 Å². The van der Waals surface area contributed by atoms with Crippen LogP contribution >= 0.6 is 12.4 Å². The van der Waals surface area contributed by atoms with E-state index in [0.717, 1.165) is 37.0 Å². The van der Waals surface area contributed by atoms with Crippen LogP contribution in [-0.4, -0.2) is 38.3 Å². The van der Waals surface area contributed by atoms with Gasteiger partial charge in [-0.15, -0.1) is 12.4 Å². The van der Waals surface area contributed by atoms with Crippen molar-refractivity contribution in [2.24, 2.45) is 11.7 Å². The molecule has 1 aromatic carbocycles. The number of benzene rings is 1. The summed E-state index contributed by atoms with van der Waals surface area (Å²) in [4.78, 5) is 12.3. The third-order valence-corrected chi connectivity index (χ3v) is 4.64. The Balaban J connectivity index is 0.00000312. The summed E-state index contributed by atoms with van der Waals surface area (Å²) < 4.78 is 11.1. The van der Waals surface area contributed by atoms with E-state index < -0.39 is 0 Å². The molecule has 0 aromatic heterocycles. The van der Waals surface area contributed by atoms with E-state index in [4.69, 9.17) is 15.2 Å². The molecule has 3 atom stereocenters. The van der Waals surface area contributed by atoms with E-state index in [1.165, 1.54) is 0 Å². The van der Waals surface area contributed by atoms with Crippen molar-refractivity contribution in [1.82, 2.24) is 5.32 Å². The summed E-state index contributed by atoms with van der Waals surface area (Å²) in [6.45, 7) is 3.42. The summed E-state index contributed by atoms with van der Waals surface area (Å²) in [7, 11) is 1.68. The molecule has 0 saturated heterocycles. The first-order chi connectivity index (χ1) is 11.7. The largest absolute Gasteiger partial charge is 0.493 e. The highest BCUT2D eigenvalue weighted by atomic mass is 35.5. The number of amides is 1. The Morgan fingerprint density at radius 2 is 2.08 bits per heavy atom. The summed E-state index contributed by atoms with van der Waals surface area (Å²) in [5, 5.41) is 3.05. The van der Waals surface area contributed by atoms with Crippen LogP contribution in [0.4, 0.5) is 0 Å². The fraction of sp³-hybridized carbons (Fsp3) is 0.632. The van der Waals surface area contributed by atoms with Gasteiger partial charge < -0.3 is 20.5 Å². The minimum atomic E-state index is -0.0531. The third kappa shape index (κ3) is 6.49. The number of hydrogen-bond acceptors (Lipinski definition) is 4. The molecule has 1 saturated carbocycles. The average molecular weight is 371 g/mol. The molecular weight excluding hydrogens is 340 g/mol. The Labute approximate surface area is 157 Å². The second-order valence-electron chi connectivity index (χ2n) is 6.45. The molecule has 25 heavy (non-hydrogen) atoms. The maximum Gasteiger partial charge on any atom is 0.223 e. The molecule has 142 valence electrons. The standard InChI is InChI=1S/C19H30N2O3.ClH/c1-3-12-24-17-7-5-4-6-14(17)10-11-21-19(22)15-8-9-18(23-2)16(20)13-15;/h4-7,15-16,18H,3,8-13,20H2,1-2H3,(H,21,22);1H/t15-,16+,18+;/m0./s1. The van der Waals surface area contributed by atoms with Gasteiger partial charge in [-0.2, -0.15) is 0 Å². The van der Waals surface area contributed by atoms with Crippen LogP contribution < -0.4 is 15.8 Å². The van der Waals surface area contributed by atoms with E-state index in [1.54, 1.807) is 7.11 Å². The molecule has 2 rings (SSSR count). The van der Waals surface area contributed by atoms with Gasteiger partial charge >= 0.3 is 0 Å². The van der Waals surface area contributed by atoms with Crippen LogP contribution in [-0.2, 0) is 16.0 Å². The lowest BCUT2D eigenvalue weighted by Crippen LogP contribution is -2.45. The van der Waals surface area contributed by atoms with Crippen molar-refractivity contribution in [2.45, 2.75) is 51.2 Å². The van der Waals surface area contributed by atoms with Crippen LogP contribution in [0.25, 0.3) is 0 Å². The van der Waals surface area contributed by atoms with Gasteiger partial charge in [0.1, 0.15) is 5.75 Å². The Kier molecular flexibility index (Phi) is 9.86. The predicted octanol–water partition coefficient (Wildman–Crippen LogP) is 2.70. The Morgan fingerprint density at radius 3 is 2.76 bits per heavy atom. The van der Waals surface area contributed by atoms with Gasteiger partial charge in [0.15, 0.2) is 0 Å². The maximum absolute atomic E-state index is 12.3. The van der Waals surface area contributed by atoms with Gasteiger partial charge in [-0.1, -0.05) is 25.1 Å². The van der Waals surface area contributed by atoms with Crippen molar-refractivity contribution in [1.29, 1.82) is 0 Å². The van der Waals surface area contributed by atoms with E-state index >= 15 is 0 Å². The van der Waals surface area contributed by atoms with Crippen molar-refractivity contribution in [3.8, 4) is 5.75 Å². The Bertz CT molecular complexity index is 527. The van der Waals surface area contributed by atoms with E-state index in [-0.39, 0.29) is 36.4 Å². The summed E-state index contributed by atoms with van der Waals surface area (Å²) in [6.07, 6.45) is 4.22. The lowest BCUT2D eigenvalue weighted by Gasteiger charge is -2.32. The zero-order valence-electron chi connectivity index (χ0n) is 15.2. The number of para-hydroxylation sites is 1. The fourth-order valence-electron chi connectivity index (χ4n) is 3.24. The molecular formula is C19H31ClN2O3. The monoisotopic (exact) mass is 370 g/mol. The lowest BCUT2D eigenvalue weighted by atomic mass is 9.83. The van der Waals surface area contributed by atoms with Crippen LogP contribution in [0.5, 0.6) is 5.75 Å². The molecule has 0 bridgehead atoms. The van der Waals surface area contributed by atoms with Gasteiger partial charge in [-0.3, -0.25) is 4.79 Å². The summed E-state index contributed by atoms with van der Waals surface area (Å²) in [5.74, 6) is 1.01. The molecule has 1 aliphatic carbocycles. The molecule has 1 fully saturated rings. The number of ether oxygens (including phenoxy) is 2. The topological polar surface area (TPSA) is 73.6 Å². The summed E-state index contributed by atoms with van der Waals surface area (Å²) in [6, 6.07) is 7.96. The first kappa shape index (κ1) is 21.7. The number of nitrogens with two attached hydrogens (primary N) is 1. The van der Waals surface area contributed by atoms with Gasteiger partial charge in [0.25, 0.3) is 0 Å². The molecule has 1 aromatic rings. The maximum atomic E-state index is 12.3. The van der Waals surface area contributed by atoms with Crippen molar-refractivity contribution >= 4 is 18.3 Å². The second-order valence-corrected chi connectivity index (χ2v) is 6.45. The number of nitrogens with one attached hydrogen (secondary N) is 1. The number of carbonyl (C=O) groups excluding carboxylic acids is 1. The first-order valence-electron chi connectivity index (χ1n) is 8.92. The molecule has 0 unspecified atom stereocenters. The van der Waals surface area contributed by atoms with Gasteiger partial charge in [0.05, 0.1) is 12.7 Å². The number of hydrogen-bond donors (Lipinski definition) is 2. The van der Waals surface area contributed by atoms with Gasteiger partial charge in [-0.05, 0) is 43.7 Å². The van der Waals surface area contributed by atoms with Crippen molar-refractivity contribution in [2.75, 3.05) is 20.3 Å². The van der Waals surface area contributed by atoms with Crippen molar-refractivity contribution < 1.29 is 14.3 Å². The molecule has 1 aliphatic rings. The van der Waals surface area contributed by atoms with Crippen LogP contribution in [0, 0.1) is 5.92 Å². The quantitative estimate of drug-likeness (QED) is 0.737. The van der Waals surface area contributed by atoms with Crippen LogP contribution in [0.1, 0.15) is 38.2 Å². The molecule has 0 heterocycles. The third-order valence-electron chi connectivity index (χ3n) is 4.64. The fourth-order valence-corrected chi connectivity index (χ4v) is 3.24. The molecule has 0 aliphatic heterocycles. The molecule has 1 amide bonds. The Hall–Kier alpha value is -1.30. The van der Waals surface area contributed by atoms with E-state index in [9.17, 15) is 4.79 Å². The zero-order valence-corrected chi connectivity index (χ0v) is 16.0. The number of carbonyl (C=O) groups is 1. The zero-order chi connectivity index (χ0) is 17.4. The van der Waals surface area contributed by atoms with Crippen molar-refractivity contribution in [3.05, 3.63) is 29.8 Å². The molecule has 6 heteroatoms. The number of methoxy groups -OCH3 is 1. The lowest BCUT2D eigenvalue weighted by molar-refractivity contribution is -0.127. The van der Waals surface area contributed by atoms with Crippen molar-refractivity contribution in [3.63, 3.8) is 0 Å². The van der Waals surface area contributed by atoms with E-state index in [2.05, 4.69) is 18.3 Å². The SMILES string of the molecule is CCCOc1ccccc1CCNC(=O)[C@H]1CC[C@@H](OC)[C@H](N)C1.Cl. The summed E-state index contributed by atoms with van der Waals surface area (Å²) in [5.41, 5.74) is 7.21. The van der Waals surface area contributed by atoms with Crippen LogP contribution in [0.3, 0.4) is 0 Å². The van der Waals surface area contributed by atoms with Gasteiger partial charge in [0, 0.05) is 25.6 Å². The second kappa shape index (κ2) is 11.3. The molecule has 5 nitrogen and oxygen atoms in total. The highest BCUT2D eigenvalue weighted by Crippen LogP contribution is 2.25. The minimum Gasteiger partial charge on any atom is -0.493 e. The normalized spacial score (nSPS) is 22.8. The van der Waals surface area contributed by atoms with E-state index in [0.29, 0.717) is 19.6 Å². The highest BCUT2D eigenvalue weighted by Gasteiger charge is 2.31. The van der Waals surface area contributed by atoms with Crippen LogP contribution in [0.15, 0.2) is 24.3 Å². The minimum absolute atomic E-state index is 0. The Morgan fingerprint density at radius 1 is 1.32 bits per heavy atom. The first-order valence-corrected chi connectivity index (χ1v) is 8.92. The summed E-state index contributed by atoms with van der Waals surface area (Å²) >= 11 is 0. The predicted molar refractivity (Wildman–Crippen MR) is 102 cm³/mol.